The number of benzene rings is 1. The van der Waals surface area contributed by atoms with E-state index in [4.69, 9.17) is 5.73 Å². The van der Waals surface area contributed by atoms with Crippen molar-refractivity contribution in [2.45, 2.75) is 26.1 Å². The predicted octanol–water partition coefficient (Wildman–Crippen LogP) is 2.68. The second-order valence-corrected chi connectivity index (χ2v) is 4.27. The lowest BCUT2D eigenvalue weighted by atomic mass is 10.1. The molecule has 2 N–H and O–H groups in total. The predicted molar refractivity (Wildman–Crippen MR) is 63.1 cm³/mol. The largest absolute Gasteiger partial charge is 0.406 e. The third-order valence-electron chi connectivity index (χ3n) is 2.37. The average Bonchev–Trinajstić information content (AvgIpc) is 2.23. The molecule has 0 aliphatic heterocycles. The molecule has 0 saturated heterocycles. The summed E-state index contributed by atoms with van der Waals surface area (Å²) in [5, 5.41) is 0. The number of nitrogen functional groups attached to an aromatic ring is 1. The molecule has 0 radical (unpaired) electrons. The Kier molecular flexibility index (Phi) is 4.21. The van der Waals surface area contributed by atoms with Crippen molar-refractivity contribution in [3.05, 3.63) is 29.8 Å². The number of halogens is 3. The summed E-state index contributed by atoms with van der Waals surface area (Å²) in [6.07, 6.45) is -4.42. The lowest BCUT2D eigenvalue weighted by molar-refractivity contribution is -0.143. The number of rotatable bonds is 3. The Bertz CT molecular complexity index is 430. The highest BCUT2D eigenvalue weighted by Crippen LogP contribution is 2.20. The van der Waals surface area contributed by atoms with Gasteiger partial charge in [-0.3, -0.25) is 4.79 Å². The zero-order valence-corrected chi connectivity index (χ0v) is 10.2. The topological polar surface area (TPSA) is 46.3 Å². The maximum absolute atomic E-state index is 12.4. The van der Waals surface area contributed by atoms with Crippen LogP contribution in [0.25, 0.3) is 0 Å². The van der Waals surface area contributed by atoms with Crippen molar-refractivity contribution in [1.29, 1.82) is 0 Å². The van der Waals surface area contributed by atoms with Crippen molar-refractivity contribution in [2.24, 2.45) is 0 Å². The molecular formula is C12H15F3N2O. The molecule has 0 bridgehead atoms. The highest BCUT2D eigenvalue weighted by atomic mass is 19.4. The van der Waals surface area contributed by atoms with Gasteiger partial charge in [0.05, 0.1) is 0 Å². The third kappa shape index (κ3) is 3.94. The number of nitrogens with two attached hydrogens (primary N) is 1. The highest BCUT2D eigenvalue weighted by molar-refractivity contribution is 5.95. The molecule has 1 aromatic rings. The monoisotopic (exact) mass is 260 g/mol. The summed E-state index contributed by atoms with van der Waals surface area (Å²) in [7, 11) is 0. The standard InChI is InChI=1S/C12H15F3N2O/c1-8(2)17(7-12(13,14)15)11(18)9-4-3-5-10(16)6-9/h3-6,8H,7,16H2,1-2H3. The number of nitrogens with zero attached hydrogens (tertiary/aromatic N) is 1. The van der Waals surface area contributed by atoms with Crippen LogP contribution in [-0.4, -0.2) is 29.6 Å². The lowest BCUT2D eigenvalue weighted by Crippen LogP contribution is -2.43. The molecule has 0 saturated carbocycles. The smallest absolute Gasteiger partial charge is 0.399 e. The molecule has 0 fully saturated rings. The minimum Gasteiger partial charge on any atom is -0.399 e. The summed E-state index contributed by atoms with van der Waals surface area (Å²) in [5.74, 6) is -0.672. The van der Waals surface area contributed by atoms with Crippen LogP contribution >= 0.6 is 0 Å². The van der Waals surface area contributed by atoms with Gasteiger partial charge in [0.2, 0.25) is 0 Å². The molecule has 18 heavy (non-hydrogen) atoms. The molecule has 100 valence electrons. The normalized spacial score (nSPS) is 11.7. The molecule has 0 unspecified atom stereocenters. The molecule has 1 aromatic carbocycles. The van der Waals surface area contributed by atoms with Gasteiger partial charge in [-0.05, 0) is 32.0 Å². The quantitative estimate of drug-likeness (QED) is 0.849. The zero-order valence-electron chi connectivity index (χ0n) is 10.2. The number of anilines is 1. The molecule has 0 aliphatic rings. The van der Waals surface area contributed by atoms with Crippen LogP contribution < -0.4 is 5.73 Å². The zero-order chi connectivity index (χ0) is 13.9. The number of hydrogen-bond acceptors (Lipinski definition) is 2. The number of hydrogen-bond donors (Lipinski definition) is 1. The Labute approximate surface area is 103 Å². The average molecular weight is 260 g/mol. The van der Waals surface area contributed by atoms with Crippen LogP contribution in [0, 0.1) is 0 Å². The third-order valence-corrected chi connectivity index (χ3v) is 2.37. The van der Waals surface area contributed by atoms with Crippen molar-refractivity contribution in [1.82, 2.24) is 4.90 Å². The van der Waals surface area contributed by atoms with E-state index in [0.717, 1.165) is 4.90 Å². The summed E-state index contributed by atoms with van der Waals surface area (Å²) in [6, 6.07) is 5.38. The Hall–Kier alpha value is -1.72. The molecule has 0 aliphatic carbocycles. The summed E-state index contributed by atoms with van der Waals surface area (Å²) in [5.41, 5.74) is 6.01. The first-order valence-electron chi connectivity index (χ1n) is 5.44. The Morgan fingerprint density at radius 3 is 2.44 bits per heavy atom. The number of carbonyl (C=O) groups is 1. The number of amides is 1. The second-order valence-electron chi connectivity index (χ2n) is 4.27. The summed E-state index contributed by atoms with van der Waals surface area (Å²) >= 11 is 0. The highest BCUT2D eigenvalue weighted by Gasteiger charge is 2.34. The van der Waals surface area contributed by atoms with Crippen LogP contribution in [0.1, 0.15) is 24.2 Å². The van der Waals surface area contributed by atoms with Gasteiger partial charge in [0.1, 0.15) is 6.54 Å². The van der Waals surface area contributed by atoms with Gasteiger partial charge in [-0.25, -0.2) is 0 Å². The van der Waals surface area contributed by atoms with Crippen LogP contribution in [0.4, 0.5) is 18.9 Å². The first-order chi connectivity index (χ1) is 8.20. The van der Waals surface area contributed by atoms with E-state index in [9.17, 15) is 18.0 Å². The van der Waals surface area contributed by atoms with Crippen molar-refractivity contribution in [3.8, 4) is 0 Å². The van der Waals surface area contributed by atoms with E-state index in [2.05, 4.69) is 0 Å². The van der Waals surface area contributed by atoms with Crippen molar-refractivity contribution < 1.29 is 18.0 Å². The van der Waals surface area contributed by atoms with E-state index >= 15 is 0 Å². The minimum absolute atomic E-state index is 0.160. The molecule has 1 rings (SSSR count). The molecular weight excluding hydrogens is 245 g/mol. The molecule has 6 heteroatoms. The van der Waals surface area contributed by atoms with Crippen LogP contribution in [0.5, 0.6) is 0 Å². The van der Waals surface area contributed by atoms with Gasteiger partial charge < -0.3 is 10.6 Å². The van der Waals surface area contributed by atoms with Gasteiger partial charge in [-0.2, -0.15) is 13.2 Å². The van der Waals surface area contributed by atoms with Crippen LogP contribution in [-0.2, 0) is 0 Å². The maximum atomic E-state index is 12.4. The molecule has 3 nitrogen and oxygen atoms in total. The second kappa shape index (κ2) is 5.29. The Morgan fingerprint density at radius 2 is 2.00 bits per heavy atom. The molecule has 0 heterocycles. The molecule has 0 aromatic heterocycles. The summed E-state index contributed by atoms with van der Waals surface area (Å²) in [6.45, 7) is 1.81. The lowest BCUT2D eigenvalue weighted by Gasteiger charge is -2.27. The van der Waals surface area contributed by atoms with Crippen LogP contribution in [0.3, 0.4) is 0 Å². The fourth-order valence-electron chi connectivity index (χ4n) is 1.52. The van der Waals surface area contributed by atoms with Gasteiger partial charge >= 0.3 is 6.18 Å². The van der Waals surface area contributed by atoms with E-state index in [1.165, 1.54) is 32.0 Å². The van der Waals surface area contributed by atoms with E-state index in [1.54, 1.807) is 6.07 Å². The van der Waals surface area contributed by atoms with Gasteiger partial charge in [-0.1, -0.05) is 6.07 Å². The Morgan fingerprint density at radius 1 is 1.39 bits per heavy atom. The molecule has 1 amide bonds. The first-order valence-corrected chi connectivity index (χ1v) is 5.44. The van der Waals surface area contributed by atoms with Crippen LogP contribution in [0.15, 0.2) is 24.3 Å². The van der Waals surface area contributed by atoms with Gasteiger partial charge in [-0.15, -0.1) is 0 Å². The fraction of sp³-hybridized carbons (Fsp3) is 0.417. The van der Waals surface area contributed by atoms with Gasteiger partial charge in [0, 0.05) is 17.3 Å². The van der Waals surface area contributed by atoms with Crippen molar-refractivity contribution in [2.75, 3.05) is 12.3 Å². The molecule has 0 atom stereocenters. The maximum Gasteiger partial charge on any atom is 0.406 e. The summed E-state index contributed by atoms with van der Waals surface area (Å²) < 4.78 is 37.2. The number of carbonyl (C=O) groups excluding carboxylic acids is 1. The van der Waals surface area contributed by atoms with E-state index in [0.29, 0.717) is 5.69 Å². The van der Waals surface area contributed by atoms with E-state index < -0.39 is 24.7 Å². The van der Waals surface area contributed by atoms with Crippen molar-refractivity contribution >= 4 is 11.6 Å². The Balaban J connectivity index is 2.97. The fourth-order valence-corrected chi connectivity index (χ4v) is 1.52. The van der Waals surface area contributed by atoms with Gasteiger partial charge in [0.15, 0.2) is 0 Å². The van der Waals surface area contributed by atoms with E-state index in [-0.39, 0.29) is 5.56 Å². The summed E-state index contributed by atoms with van der Waals surface area (Å²) in [4.78, 5) is 12.8. The van der Waals surface area contributed by atoms with Gasteiger partial charge in [0.25, 0.3) is 5.91 Å². The SMILES string of the molecule is CC(C)N(CC(F)(F)F)C(=O)c1cccc(N)c1. The molecule has 0 spiro atoms. The van der Waals surface area contributed by atoms with Crippen molar-refractivity contribution in [3.63, 3.8) is 0 Å². The van der Waals surface area contributed by atoms with E-state index in [1.807, 2.05) is 0 Å². The first kappa shape index (κ1) is 14.3. The van der Waals surface area contributed by atoms with Crippen LogP contribution in [0.2, 0.25) is 0 Å². The number of alkyl halides is 3. The minimum atomic E-state index is -4.42.